The van der Waals surface area contributed by atoms with Crippen molar-refractivity contribution in [2.75, 3.05) is 40.3 Å². The molecule has 1 unspecified atom stereocenters. The fraction of sp³-hybridized carbons (Fsp3) is 0.421. The molecule has 1 amide bonds. The van der Waals surface area contributed by atoms with Crippen LogP contribution in [-0.4, -0.2) is 60.9 Å². The van der Waals surface area contributed by atoms with Crippen LogP contribution in [0.5, 0.6) is 0 Å². The van der Waals surface area contributed by atoms with Gasteiger partial charge in [-0.2, -0.15) is 11.3 Å². The zero-order valence-corrected chi connectivity index (χ0v) is 15.5. The number of benzene rings is 1. The van der Waals surface area contributed by atoms with Gasteiger partial charge < -0.3 is 4.90 Å². The maximum atomic E-state index is 14.2. The monoisotopic (exact) mass is 361 g/mol. The van der Waals surface area contributed by atoms with Gasteiger partial charge in [-0.15, -0.1) is 0 Å². The second-order valence-corrected chi connectivity index (χ2v) is 7.40. The van der Waals surface area contributed by atoms with Gasteiger partial charge in [0.25, 0.3) is 0 Å². The Morgan fingerprint density at radius 2 is 1.92 bits per heavy atom. The van der Waals surface area contributed by atoms with Crippen molar-refractivity contribution in [2.45, 2.75) is 12.6 Å². The molecule has 1 fully saturated rings. The summed E-state index contributed by atoms with van der Waals surface area (Å²) in [6, 6.07) is 8.11. The number of piperazine rings is 1. The van der Waals surface area contributed by atoms with E-state index >= 15 is 0 Å². The predicted molar refractivity (Wildman–Crippen MR) is 99.0 cm³/mol. The lowest BCUT2D eigenvalue weighted by molar-refractivity contribution is -0.138. The average Bonchev–Trinajstić information content (AvgIpc) is 3.10. The van der Waals surface area contributed by atoms with E-state index in [-0.39, 0.29) is 11.7 Å². The van der Waals surface area contributed by atoms with Gasteiger partial charge in [0.1, 0.15) is 11.9 Å². The number of likely N-dealkylation sites (N-methyl/N-ethyl adjacent to an activating group) is 1. The van der Waals surface area contributed by atoms with Crippen molar-refractivity contribution in [1.29, 1.82) is 0 Å². The smallest absolute Gasteiger partial charge is 0.244 e. The molecule has 0 radical (unpaired) electrons. The summed E-state index contributed by atoms with van der Waals surface area (Å²) in [6.07, 6.45) is 0. The lowest BCUT2D eigenvalue weighted by Gasteiger charge is -2.37. The Morgan fingerprint density at radius 3 is 2.52 bits per heavy atom. The molecule has 1 aromatic heterocycles. The molecule has 0 aliphatic carbocycles. The summed E-state index contributed by atoms with van der Waals surface area (Å²) >= 11 is 1.71. The number of thiophene rings is 1. The summed E-state index contributed by atoms with van der Waals surface area (Å²) in [5, 5.41) is 4.25. The van der Waals surface area contributed by atoms with Crippen molar-refractivity contribution in [3.63, 3.8) is 0 Å². The van der Waals surface area contributed by atoms with Crippen LogP contribution >= 0.6 is 11.3 Å². The van der Waals surface area contributed by atoms with Crippen LogP contribution < -0.4 is 0 Å². The van der Waals surface area contributed by atoms with Crippen LogP contribution in [-0.2, 0) is 11.3 Å². The van der Waals surface area contributed by atoms with Crippen LogP contribution in [0.25, 0.3) is 0 Å². The van der Waals surface area contributed by atoms with E-state index < -0.39 is 6.04 Å². The van der Waals surface area contributed by atoms with Crippen LogP contribution in [0, 0.1) is 5.82 Å². The van der Waals surface area contributed by atoms with Gasteiger partial charge in [-0.05, 0) is 42.6 Å². The number of carbonyl (C=O) groups is 1. The number of hydrogen-bond donors (Lipinski definition) is 0. The molecule has 2 heterocycles. The van der Waals surface area contributed by atoms with Gasteiger partial charge in [0.2, 0.25) is 5.91 Å². The normalized spacial score (nSPS) is 17.0. The second-order valence-electron chi connectivity index (χ2n) is 6.62. The fourth-order valence-corrected chi connectivity index (χ4v) is 3.93. The van der Waals surface area contributed by atoms with E-state index in [9.17, 15) is 9.18 Å². The summed E-state index contributed by atoms with van der Waals surface area (Å²) in [7, 11) is 3.64. The van der Waals surface area contributed by atoms with E-state index in [0.29, 0.717) is 18.7 Å². The van der Waals surface area contributed by atoms with Crippen LogP contribution in [0.2, 0.25) is 0 Å². The Kier molecular flexibility index (Phi) is 5.83. The molecule has 134 valence electrons. The number of hydrogen-bond acceptors (Lipinski definition) is 4. The number of rotatable bonds is 5. The summed E-state index contributed by atoms with van der Waals surface area (Å²) in [4.78, 5) is 19.0. The lowest BCUT2D eigenvalue weighted by atomic mass is 10.0. The van der Waals surface area contributed by atoms with E-state index in [4.69, 9.17) is 0 Å². The topological polar surface area (TPSA) is 26.8 Å². The van der Waals surface area contributed by atoms with Crippen molar-refractivity contribution in [3.05, 3.63) is 58.0 Å². The molecule has 1 aliphatic rings. The molecular weight excluding hydrogens is 337 g/mol. The fourth-order valence-electron chi connectivity index (χ4n) is 3.27. The molecule has 1 aromatic carbocycles. The molecule has 0 spiro atoms. The van der Waals surface area contributed by atoms with E-state index in [2.05, 4.69) is 21.7 Å². The Balaban J connectivity index is 1.65. The molecule has 0 bridgehead atoms. The average molecular weight is 361 g/mol. The van der Waals surface area contributed by atoms with Crippen LogP contribution in [0.4, 0.5) is 4.39 Å². The SMILES string of the molecule is CN(C)C(C(=O)N1CCN(Cc2ccsc2)CC1)c1ccccc1F. The Hall–Kier alpha value is -1.76. The van der Waals surface area contributed by atoms with E-state index in [1.165, 1.54) is 11.6 Å². The Labute approximate surface area is 152 Å². The van der Waals surface area contributed by atoms with Gasteiger partial charge in [-0.1, -0.05) is 18.2 Å². The number of halogens is 1. The minimum Gasteiger partial charge on any atom is -0.338 e. The van der Waals surface area contributed by atoms with E-state index in [1.54, 1.807) is 34.4 Å². The summed E-state index contributed by atoms with van der Waals surface area (Å²) in [6.45, 7) is 3.98. The molecule has 4 nitrogen and oxygen atoms in total. The highest BCUT2D eigenvalue weighted by Gasteiger charge is 2.31. The van der Waals surface area contributed by atoms with Crippen molar-refractivity contribution < 1.29 is 9.18 Å². The Bertz CT molecular complexity index is 696. The second kappa shape index (κ2) is 8.08. The van der Waals surface area contributed by atoms with Gasteiger partial charge in [0.15, 0.2) is 0 Å². The van der Waals surface area contributed by atoms with Gasteiger partial charge in [0, 0.05) is 38.3 Å². The summed E-state index contributed by atoms with van der Waals surface area (Å²) < 4.78 is 14.2. The Morgan fingerprint density at radius 1 is 1.20 bits per heavy atom. The number of carbonyl (C=O) groups excluding carboxylic acids is 1. The molecule has 1 atom stereocenters. The highest BCUT2D eigenvalue weighted by Crippen LogP contribution is 2.24. The van der Waals surface area contributed by atoms with Crippen molar-refractivity contribution >= 4 is 17.2 Å². The molecule has 2 aromatic rings. The van der Waals surface area contributed by atoms with E-state index in [0.717, 1.165) is 19.6 Å². The predicted octanol–water partition coefficient (Wildman–Crippen LogP) is 2.83. The quantitative estimate of drug-likeness (QED) is 0.819. The van der Waals surface area contributed by atoms with Crippen molar-refractivity contribution in [2.24, 2.45) is 0 Å². The van der Waals surface area contributed by atoms with Crippen LogP contribution in [0.1, 0.15) is 17.2 Å². The third-order valence-corrected chi connectivity index (χ3v) is 5.35. The molecule has 3 rings (SSSR count). The van der Waals surface area contributed by atoms with Crippen LogP contribution in [0.15, 0.2) is 41.1 Å². The molecule has 1 aliphatic heterocycles. The molecule has 0 N–H and O–H groups in total. The summed E-state index contributed by atoms with van der Waals surface area (Å²) in [5.74, 6) is -0.351. The first kappa shape index (κ1) is 18.0. The molecule has 0 saturated carbocycles. The standard InChI is InChI=1S/C19H24FN3OS/c1-21(2)18(16-5-3-4-6-17(16)20)19(24)23-10-8-22(9-11-23)13-15-7-12-25-14-15/h3-7,12,14,18H,8-11,13H2,1-2H3. The van der Waals surface area contributed by atoms with E-state index in [1.807, 2.05) is 19.0 Å². The van der Waals surface area contributed by atoms with Gasteiger partial charge in [-0.25, -0.2) is 4.39 Å². The first-order valence-electron chi connectivity index (χ1n) is 8.49. The molecule has 1 saturated heterocycles. The number of amides is 1. The molecule has 25 heavy (non-hydrogen) atoms. The lowest BCUT2D eigenvalue weighted by Crippen LogP contribution is -2.51. The third-order valence-electron chi connectivity index (χ3n) is 4.62. The number of nitrogens with zero attached hydrogens (tertiary/aromatic N) is 3. The minimum absolute atomic E-state index is 0.0229. The molecule has 6 heteroatoms. The highest BCUT2D eigenvalue weighted by atomic mass is 32.1. The summed E-state index contributed by atoms with van der Waals surface area (Å²) in [5.41, 5.74) is 1.76. The van der Waals surface area contributed by atoms with Crippen molar-refractivity contribution in [1.82, 2.24) is 14.7 Å². The first-order valence-corrected chi connectivity index (χ1v) is 9.43. The zero-order chi connectivity index (χ0) is 17.8. The molecular formula is C19H24FN3OS. The zero-order valence-electron chi connectivity index (χ0n) is 14.7. The minimum atomic E-state index is -0.579. The van der Waals surface area contributed by atoms with Gasteiger partial charge >= 0.3 is 0 Å². The van der Waals surface area contributed by atoms with Crippen molar-refractivity contribution in [3.8, 4) is 0 Å². The third kappa shape index (κ3) is 4.26. The van der Waals surface area contributed by atoms with Gasteiger partial charge in [0.05, 0.1) is 0 Å². The van der Waals surface area contributed by atoms with Crippen LogP contribution in [0.3, 0.4) is 0 Å². The first-order chi connectivity index (χ1) is 12.1. The maximum Gasteiger partial charge on any atom is 0.244 e. The van der Waals surface area contributed by atoms with Gasteiger partial charge in [-0.3, -0.25) is 14.6 Å². The maximum absolute atomic E-state index is 14.2. The highest BCUT2D eigenvalue weighted by molar-refractivity contribution is 7.07. The largest absolute Gasteiger partial charge is 0.338 e.